The molecule has 0 bridgehead atoms. The predicted molar refractivity (Wildman–Crippen MR) is 61.7 cm³/mol. The maximum Gasteiger partial charge on any atom is 0.170 e. The normalized spacial score (nSPS) is 10.1. The first-order valence-electron chi connectivity index (χ1n) is 4.06. The second-order valence-electron chi connectivity index (χ2n) is 2.78. The summed E-state index contributed by atoms with van der Waals surface area (Å²) in [7, 11) is 0. The number of halogens is 1. The molecule has 0 saturated carbocycles. The maximum atomic E-state index is 10.4. The van der Waals surface area contributed by atoms with Gasteiger partial charge >= 0.3 is 0 Å². The zero-order valence-electron chi connectivity index (χ0n) is 7.22. The number of aldehydes is 1. The molecule has 0 amide bonds. The van der Waals surface area contributed by atoms with E-state index in [9.17, 15) is 4.79 Å². The lowest BCUT2D eigenvalue weighted by Crippen LogP contribution is -1.95. The van der Waals surface area contributed by atoms with Crippen LogP contribution in [0.15, 0.2) is 36.5 Å². The van der Waals surface area contributed by atoms with Crippen molar-refractivity contribution in [2.45, 2.75) is 0 Å². The molecular formula is C10H7IN2O. The van der Waals surface area contributed by atoms with Gasteiger partial charge in [0.05, 0.1) is 5.69 Å². The minimum absolute atomic E-state index is 0.448. The van der Waals surface area contributed by atoms with Crippen LogP contribution in [0.3, 0.4) is 0 Å². The molecule has 0 fully saturated rings. The molecule has 0 unspecified atom stereocenters. The van der Waals surface area contributed by atoms with Crippen molar-refractivity contribution in [1.82, 2.24) is 9.78 Å². The van der Waals surface area contributed by atoms with E-state index in [1.807, 2.05) is 24.3 Å². The Hall–Kier alpha value is -1.17. The molecule has 1 aromatic heterocycles. The lowest BCUT2D eigenvalue weighted by atomic mass is 10.3. The van der Waals surface area contributed by atoms with Gasteiger partial charge in [0, 0.05) is 9.77 Å². The summed E-state index contributed by atoms with van der Waals surface area (Å²) in [4.78, 5) is 10.4. The van der Waals surface area contributed by atoms with Gasteiger partial charge in [-0.3, -0.25) is 4.79 Å². The highest BCUT2D eigenvalue weighted by Crippen LogP contribution is 2.11. The Kier molecular flexibility index (Phi) is 2.62. The fourth-order valence-electron chi connectivity index (χ4n) is 1.16. The molecule has 0 atom stereocenters. The fraction of sp³-hybridized carbons (Fsp3) is 0. The van der Waals surface area contributed by atoms with Crippen molar-refractivity contribution in [1.29, 1.82) is 0 Å². The third-order valence-electron chi connectivity index (χ3n) is 1.80. The third kappa shape index (κ3) is 1.84. The van der Waals surface area contributed by atoms with Gasteiger partial charge in [-0.15, -0.1) is 0 Å². The summed E-state index contributed by atoms with van der Waals surface area (Å²) in [5.41, 5.74) is 1.41. The maximum absolute atomic E-state index is 10.4. The number of rotatable bonds is 2. The first-order chi connectivity index (χ1) is 6.79. The van der Waals surface area contributed by atoms with Gasteiger partial charge in [-0.1, -0.05) is 6.07 Å². The molecule has 0 spiro atoms. The Balaban J connectivity index is 2.43. The first kappa shape index (κ1) is 9.39. The highest BCUT2D eigenvalue weighted by atomic mass is 127. The van der Waals surface area contributed by atoms with Crippen LogP contribution in [-0.4, -0.2) is 16.1 Å². The van der Waals surface area contributed by atoms with Crippen LogP contribution in [0.1, 0.15) is 10.5 Å². The molecule has 2 rings (SSSR count). The Bertz CT molecular complexity index is 465. The number of carbonyl (C=O) groups is 1. The van der Waals surface area contributed by atoms with E-state index >= 15 is 0 Å². The lowest BCUT2D eigenvalue weighted by molar-refractivity contribution is 0.111. The SMILES string of the molecule is O=Cc1ccn(-c2cccc(I)c2)n1. The van der Waals surface area contributed by atoms with E-state index in [0.29, 0.717) is 5.69 Å². The number of carbonyl (C=O) groups excluding carboxylic acids is 1. The smallest absolute Gasteiger partial charge is 0.170 e. The number of aromatic nitrogens is 2. The molecular weight excluding hydrogens is 291 g/mol. The zero-order chi connectivity index (χ0) is 9.97. The van der Waals surface area contributed by atoms with E-state index in [4.69, 9.17) is 0 Å². The van der Waals surface area contributed by atoms with E-state index < -0.39 is 0 Å². The van der Waals surface area contributed by atoms with Crippen molar-refractivity contribution in [2.24, 2.45) is 0 Å². The number of nitrogens with zero attached hydrogens (tertiary/aromatic N) is 2. The molecule has 1 heterocycles. The van der Waals surface area contributed by atoms with Crippen LogP contribution >= 0.6 is 22.6 Å². The number of benzene rings is 1. The molecule has 0 N–H and O–H groups in total. The summed E-state index contributed by atoms with van der Waals surface area (Å²) in [6, 6.07) is 9.60. The summed E-state index contributed by atoms with van der Waals surface area (Å²) in [6.07, 6.45) is 2.51. The van der Waals surface area contributed by atoms with Gasteiger partial charge in [0.15, 0.2) is 6.29 Å². The van der Waals surface area contributed by atoms with Crippen molar-refractivity contribution in [3.63, 3.8) is 0 Å². The van der Waals surface area contributed by atoms with E-state index in [-0.39, 0.29) is 0 Å². The van der Waals surface area contributed by atoms with Crippen LogP contribution in [-0.2, 0) is 0 Å². The van der Waals surface area contributed by atoms with Gasteiger partial charge in [0.2, 0.25) is 0 Å². The summed E-state index contributed by atoms with van der Waals surface area (Å²) < 4.78 is 2.83. The highest BCUT2D eigenvalue weighted by Gasteiger charge is 1.99. The average Bonchev–Trinajstić information content (AvgIpc) is 2.66. The van der Waals surface area contributed by atoms with Crippen LogP contribution in [0.5, 0.6) is 0 Å². The van der Waals surface area contributed by atoms with Gasteiger partial charge in [0.25, 0.3) is 0 Å². The Morgan fingerprint density at radius 2 is 2.21 bits per heavy atom. The van der Waals surface area contributed by atoms with Crippen LogP contribution in [0.4, 0.5) is 0 Å². The van der Waals surface area contributed by atoms with Crippen LogP contribution in [0.25, 0.3) is 5.69 Å². The molecule has 2 aromatic rings. The molecule has 0 saturated heterocycles. The second kappa shape index (κ2) is 3.91. The Labute approximate surface area is 94.9 Å². The predicted octanol–water partition coefficient (Wildman–Crippen LogP) is 2.29. The monoisotopic (exact) mass is 298 g/mol. The van der Waals surface area contributed by atoms with Gasteiger partial charge in [-0.05, 0) is 46.9 Å². The highest BCUT2D eigenvalue weighted by molar-refractivity contribution is 14.1. The van der Waals surface area contributed by atoms with Crippen LogP contribution < -0.4 is 0 Å². The van der Waals surface area contributed by atoms with Gasteiger partial charge in [0.1, 0.15) is 5.69 Å². The van der Waals surface area contributed by atoms with Crippen LogP contribution in [0.2, 0.25) is 0 Å². The summed E-state index contributed by atoms with van der Waals surface area (Å²) in [5, 5.41) is 4.09. The summed E-state index contributed by atoms with van der Waals surface area (Å²) in [5.74, 6) is 0. The van der Waals surface area contributed by atoms with Crippen molar-refractivity contribution < 1.29 is 4.79 Å². The lowest BCUT2D eigenvalue weighted by Gasteiger charge is -2.00. The average molecular weight is 298 g/mol. The van der Waals surface area contributed by atoms with Crippen LogP contribution in [0, 0.1) is 3.57 Å². The molecule has 0 radical (unpaired) electrons. The van der Waals surface area contributed by atoms with Gasteiger partial charge in [-0.25, -0.2) is 4.68 Å². The molecule has 4 heteroatoms. The molecule has 70 valence electrons. The van der Waals surface area contributed by atoms with Gasteiger partial charge < -0.3 is 0 Å². The fourth-order valence-corrected chi connectivity index (χ4v) is 1.69. The van der Waals surface area contributed by atoms with Crippen molar-refractivity contribution in [3.8, 4) is 5.69 Å². The Morgan fingerprint density at radius 3 is 2.86 bits per heavy atom. The summed E-state index contributed by atoms with van der Waals surface area (Å²) in [6.45, 7) is 0. The number of hydrogen-bond acceptors (Lipinski definition) is 2. The largest absolute Gasteiger partial charge is 0.296 e. The number of hydrogen-bond donors (Lipinski definition) is 0. The van der Waals surface area contributed by atoms with Crippen molar-refractivity contribution in [2.75, 3.05) is 0 Å². The zero-order valence-corrected chi connectivity index (χ0v) is 9.38. The quantitative estimate of drug-likeness (QED) is 0.630. The second-order valence-corrected chi connectivity index (χ2v) is 4.03. The molecule has 14 heavy (non-hydrogen) atoms. The third-order valence-corrected chi connectivity index (χ3v) is 2.47. The minimum Gasteiger partial charge on any atom is -0.296 e. The minimum atomic E-state index is 0.448. The standard InChI is InChI=1S/C10H7IN2O/c11-8-2-1-3-10(6-8)13-5-4-9(7-14)12-13/h1-7H. The first-order valence-corrected chi connectivity index (χ1v) is 5.14. The van der Waals surface area contributed by atoms with E-state index in [1.165, 1.54) is 0 Å². The van der Waals surface area contributed by atoms with Crippen molar-refractivity contribution in [3.05, 3.63) is 45.8 Å². The van der Waals surface area contributed by atoms with E-state index in [2.05, 4.69) is 27.7 Å². The van der Waals surface area contributed by atoms with E-state index in [1.54, 1.807) is 16.9 Å². The summed E-state index contributed by atoms with van der Waals surface area (Å²) >= 11 is 2.24. The molecule has 1 aromatic carbocycles. The Morgan fingerprint density at radius 1 is 1.36 bits per heavy atom. The topological polar surface area (TPSA) is 34.9 Å². The molecule has 0 aliphatic carbocycles. The molecule has 3 nitrogen and oxygen atoms in total. The van der Waals surface area contributed by atoms with Crippen molar-refractivity contribution >= 4 is 28.9 Å². The molecule has 0 aliphatic heterocycles. The molecule has 0 aliphatic rings. The van der Waals surface area contributed by atoms with Gasteiger partial charge in [-0.2, -0.15) is 5.10 Å². The van der Waals surface area contributed by atoms with E-state index in [0.717, 1.165) is 15.5 Å².